The van der Waals surface area contributed by atoms with E-state index in [2.05, 4.69) is 4.98 Å². The molecule has 180 valence electrons. The number of pyridine rings is 2. The second-order valence-corrected chi connectivity index (χ2v) is 9.06. The quantitative estimate of drug-likeness (QED) is 0.504. The van der Waals surface area contributed by atoms with Gasteiger partial charge in [-0.25, -0.2) is 9.18 Å². The Labute approximate surface area is 200 Å². The Morgan fingerprint density at radius 1 is 1.29 bits per heavy atom. The summed E-state index contributed by atoms with van der Waals surface area (Å²) < 4.78 is 21.6. The van der Waals surface area contributed by atoms with Gasteiger partial charge in [0.05, 0.1) is 30.2 Å². The summed E-state index contributed by atoms with van der Waals surface area (Å²) in [4.78, 5) is 29.6. The molecule has 0 saturated heterocycles. The van der Waals surface area contributed by atoms with Crippen molar-refractivity contribution in [3.63, 3.8) is 0 Å². The number of benzene rings is 1. The van der Waals surface area contributed by atoms with Crippen molar-refractivity contribution >= 4 is 28.6 Å². The summed E-state index contributed by atoms with van der Waals surface area (Å²) in [6, 6.07) is 5.70. The van der Waals surface area contributed by atoms with Crippen LogP contribution in [0.2, 0.25) is 5.02 Å². The predicted molar refractivity (Wildman–Crippen MR) is 126 cm³/mol. The average molecular weight is 489 g/mol. The van der Waals surface area contributed by atoms with Crippen molar-refractivity contribution in [2.24, 2.45) is 5.92 Å². The maximum Gasteiger partial charge on any atom is 0.341 e. The van der Waals surface area contributed by atoms with Crippen LogP contribution in [0.1, 0.15) is 59.6 Å². The summed E-state index contributed by atoms with van der Waals surface area (Å²) in [5.41, 5.74) is -0.167. The third-order valence-corrected chi connectivity index (χ3v) is 6.91. The fourth-order valence-electron chi connectivity index (χ4n) is 4.88. The number of carboxylic acids is 1. The summed E-state index contributed by atoms with van der Waals surface area (Å²) in [5.74, 6) is -1.64. The van der Waals surface area contributed by atoms with Crippen molar-refractivity contribution in [3.8, 4) is 5.88 Å². The summed E-state index contributed by atoms with van der Waals surface area (Å²) in [6.45, 7) is -0.221. The van der Waals surface area contributed by atoms with Gasteiger partial charge in [-0.15, -0.1) is 0 Å². The molecule has 3 aromatic rings. The lowest BCUT2D eigenvalue weighted by Gasteiger charge is -2.31. The minimum atomic E-state index is -1.36. The van der Waals surface area contributed by atoms with Gasteiger partial charge in [0.25, 0.3) is 0 Å². The highest BCUT2D eigenvalue weighted by Crippen LogP contribution is 2.35. The van der Waals surface area contributed by atoms with Gasteiger partial charge in [0.1, 0.15) is 17.0 Å². The number of aliphatic hydroxyl groups is 1. The minimum absolute atomic E-state index is 0.0287. The number of carboxylic acid groups (broad SMARTS) is 1. The largest absolute Gasteiger partial charge is 0.481 e. The molecule has 2 N–H and O–H groups in total. The maximum absolute atomic E-state index is 14.5. The molecule has 4 rings (SSSR count). The second-order valence-electron chi connectivity index (χ2n) is 8.65. The van der Waals surface area contributed by atoms with E-state index in [9.17, 15) is 24.2 Å². The van der Waals surface area contributed by atoms with Crippen molar-refractivity contribution in [2.75, 3.05) is 13.7 Å². The Bertz CT molecular complexity index is 1290. The molecule has 2 aromatic heterocycles. The highest BCUT2D eigenvalue weighted by atomic mass is 35.5. The average Bonchev–Trinajstić information content (AvgIpc) is 2.84. The zero-order valence-electron chi connectivity index (χ0n) is 18.8. The number of fused-ring (bicyclic) bond motifs is 1. The smallest absolute Gasteiger partial charge is 0.341 e. The number of aliphatic hydroxyl groups excluding tert-OH is 1. The lowest BCUT2D eigenvalue weighted by Crippen LogP contribution is -2.29. The Balaban J connectivity index is 1.93. The number of ether oxygens (including phenoxy) is 1. The Morgan fingerprint density at radius 3 is 2.68 bits per heavy atom. The van der Waals surface area contributed by atoms with Crippen LogP contribution in [0.15, 0.2) is 35.3 Å². The van der Waals surface area contributed by atoms with Gasteiger partial charge < -0.3 is 19.5 Å². The van der Waals surface area contributed by atoms with Crippen molar-refractivity contribution < 1.29 is 24.1 Å². The van der Waals surface area contributed by atoms with Crippen LogP contribution in [0, 0.1) is 11.7 Å². The number of rotatable bonds is 7. The van der Waals surface area contributed by atoms with Crippen molar-refractivity contribution in [2.45, 2.75) is 44.6 Å². The van der Waals surface area contributed by atoms with E-state index in [4.69, 9.17) is 16.3 Å². The molecular formula is C25H26ClFN2O5. The highest BCUT2D eigenvalue weighted by Gasteiger charge is 2.28. The molecular weight excluding hydrogens is 463 g/mol. The zero-order chi connectivity index (χ0) is 24.4. The fourth-order valence-corrected chi connectivity index (χ4v) is 5.07. The predicted octanol–water partition coefficient (Wildman–Crippen LogP) is 4.60. The lowest BCUT2D eigenvalue weighted by atomic mass is 9.84. The zero-order valence-corrected chi connectivity index (χ0v) is 19.5. The molecule has 7 nitrogen and oxygen atoms in total. The van der Waals surface area contributed by atoms with Crippen LogP contribution < -0.4 is 10.2 Å². The molecule has 1 aliphatic rings. The lowest BCUT2D eigenvalue weighted by molar-refractivity contribution is 0.0693. The van der Waals surface area contributed by atoms with E-state index in [0.717, 1.165) is 32.1 Å². The van der Waals surface area contributed by atoms with Gasteiger partial charge >= 0.3 is 5.97 Å². The van der Waals surface area contributed by atoms with Gasteiger partial charge in [-0.05, 0) is 36.5 Å². The molecule has 0 unspecified atom stereocenters. The number of halogens is 2. The van der Waals surface area contributed by atoms with Crippen molar-refractivity contribution in [3.05, 3.63) is 68.2 Å². The summed E-state index contributed by atoms with van der Waals surface area (Å²) >= 11 is 5.91. The van der Waals surface area contributed by atoms with E-state index in [0.29, 0.717) is 5.56 Å². The first-order valence-electron chi connectivity index (χ1n) is 11.3. The van der Waals surface area contributed by atoms with E-state index >= 15 is 0 Å². The van der Waals surface area contributed by atoms with Crippen LogP contribution in [0.5, 0.6) is 5.88 Å². The van der Waals surface area contributed by atoms with Crippen molar-refractivity contribution in [1.29, 1.82) is 0 Å². The molecule has 9 heteroatoms. The van der Waals surface area contributed by atoms with Gasteiger partial charge in [0, 0.05) is 18.2 Å². The van der Waals surface area contributed by atoms with E-state index < -0.39 is 28.8 Å². The van der Waals surface area contributed by atoms with E-state index in [1.54, 1.807) is 16.7 Å². The first kappa shape index (κ1) is 24.2. The summed E-state index contributed by atoms with van der Waals surface area (Å²) in [6.07, 6.45) is 6.27. The number of hydrogen-bond donors (Lipinski definition) is 2. The molecule has 0 spiro atoms. The molecule has 0 bridgehead atoms. The second kappa shape index (κ2) is 10.1. The normalized spacial score (nSPS) is 15.4. The highest BCUT2D eigenvalue weighted by molar-refractivity contribution is 6.30. The van der Waals surface area contributed by atoms with Crippen LogP contribution in [0.3, 0.4) is 0 Å². The number of carbonyl (C=O) groups is 1. The Morgan fingerprint density at radius 2 is 2.03 bits per heavy atom. The van der Waals surface area contributed by atoms with Gasteiger partial charge in [-0.2, -0.15) is 4.98 Å². The van der Waals surface area contributed by atoms with Crippen LogP contribution >= 0.6 is 11.6 Å². The van der Waals surface area contributed by atoms with Crippen LogP contribution in [0.25, 0.3) is 11.0 Å². The fraction of sp³-hybridized carbons (Fsp3) is 0.400. The number of aromatic carboxylic acids is 1. The number of hydrogen-bond acceptors (Lipinski definition) is 5. The molecule has 1 aromatic carbocycles. The molecule has 1 fully saturated rings. The molecule has 34 heavy (non-hydrogen) atoms. The molecule has 0 aliphatic heterocycles. The SMILES string of the molecule is COc1nc2c(cc1Cc1cccc(Cl)c1F)c(=O)c(C(=O)O)cn2[C@H](CO)C1CCCCC1. The Kier molecular flexibility index (Phi) is 7.19. The Hall–Kier alpha value is -2.97. The van der Waals surface area contributed by atoms with E-state index in [1.807, 2.05) is 0 Å². The van der Waals surface area contributed by atoms with Crippen LogP contribution in [0.4, 0.5) is 4.39 Å². The third kappa shape index (κ3) is 4.52. The molecule has 1 atom stereocenters. The molecule has 0 amide bonds. The van der Waals surface area contributed by atoms with E-state index in [-0.39, 0.29) is 46.4 Å². The van der Waals surface area contributed by atoms with Gasteiger partial charge in [-0.3, -0.25) is 4.79 Å². The maximum atomic E-state index is 14.5. The number of nitrogens with zero attached hydrogens (tertiary/aromatic N) is 2. The molecule has 1 aliphatic carbocycles. The molecule has 2 heterocycles. The summed E-state index contributed by atoms with van der Waals surface area (Å²) in [5, 5.41) is 20.0. The van der Waals surface area contributed by atoms with Crippen LogP contribution in [-0.4, -0.2) is 39.5 Å². The van der Waals surface area contributed by atoms with Crippen molar-refractivity contribution in [1.82, 2.24) is 9.55 Å². The van der Waals surface area contributed by atoms with Gasteiger partial charge in [0.15, 0.2) is 0 Å². The minimum Gasteiger partial charge on any atom is -0.481 e. The first-order chi connectivity index (χ1) is 16.3. The van der Waals surface area contributed by atoms with Gasteiger partial charge in [0.2, 0.25) is 11.3 Å². The standard InChI is InChI=1S/C25H26ClFN2O5/c1-34-24-16(10-15-8-5-9-19(26)21(15)27)11-17-22(31)18(25(32)33)12-29(23(17)28-24)20(13-30)14-6-3-2-4-7-14/h5,8-9,11-12,14,20,30H,2-4,6-7,10,13H2,1H3,(H,32,33)/t20-/m1/s1. The number of aromatic nitrogens is 2. The molecule has 1 saturated carbocycles. The topological polar surface area (TPSA) is 102 Å². The first-order valence-corrected chi connectivity index (χ1v) is 11.6. The van der Waals surface area contributed by atoms with E-state index in [1.165, 1.54) is 25.4 Å². The molecule has 0 radical (unpaired) electrons. The third-order valence-electron chi connectivity index (χ3n) is 6.62. The van der Waals surface area contributed by atoms with Crippen LogP contribution in [-0.2, 0) is 6.42 Å². The number of methoxy groups -OCH3 is 1. The van der Waals surface area contributed by atoms with Gasteiger partial charge in [-0.1, -0.05) is 43.0 Å². The monoisotopic (exact) mass is 488 g/mol. The summed E-state index contributed by atoms with van der Waals surface area (Å²) in [7, 11) is 1.42.